The normalized spacial score (nSPS) is 12.8. The number of aromatic nitrogens is 2. The summed E-state index contributed by atoms with van der Waals surface area (Å²) in [6.45, 7) is 1.86. The number of nitrogens with zero attached hydrogens (tertiary/aromatic N) is 2. The third-order valence-corrected chi connectivity index (χ3v) is 4.77. The Morgan fingerprint density at radius 3 is 2.59 bits per heavy atom. The molecule has 4 rings (SSSR count). The Hall–Kier alpha value is -3.48. The maximum Gasteiger partial charge on any atom is 0.416 e. The zero-order valence-corrected chi connectivity index (χ0v) is 15.4. The summed E-state index contributed by atoms with van der Waals surface area (Å²) in [5.74, 6) is -0.354. The molecular weight excluding hydrogens is 379 g/mol. The highest BCUT2D eigenvalue weighted by Gasteiger charge is 2.30. The second-order valence-corrected chi connectivity index (χ2v) is 6.74. The van der Waals surface area contributed by atoms with Crippen LogP contribution in [0.15, 0.2) is 67.0 Å². The van der Waals surface area contributed by atoms with Crippen molar-refractivity contribution in [2.75, 3.05) is 0 Å². The molecule has 0 saturated heterocycles. The molecule has 1 amide bonds. The zero-order chi connectivity index (χ0) is 20.6. The summed E-state index contributed by atoms with van der Waals surface area (Å²) in [5, 5.41) is 4.33. The Kier molecular flexibility index (Phi) is 4.66. The van der Waals surface area contributed by atoms with Crippen molar-refractivity contribution in [3.63, 3.8) is 0 Å². The van der Waals surface area contributed by atoms with E-state index in [-0.39, 0.29) is 23.0 Å². The van der Waals surface area contributed by atoms with Gasteiger partial charge >= 0.3 is 6.18 Å². The van der Waals surface area contributed by atoms with Gasteiger partial charge in [0.05, 0.1) is 28.2 Å². The van der Waals surface area contributed by atoms with Gasteiger partial charge in [-0.3, -0.25) is 14.8 Å². The van der Waals surface area contributed by atoms with Gasteiger partial charge < -0.3 is 5.32 Å². The van der Waals surface area contributed by atoms with Crippen LogP contribution in [0.25, 0.3) is 21.8 Å². The van der Waals surface area contributed by atoms with Gasteiger partial charge in [-0.2, -0.15) is 13.2 Å². The number of benzene rings is 2. The maximum absolute atomic E-state index is 12.8. The quantitative estimate of drug-likeness (QED) is 0.513. The van der Waals surface area contributed by atoms with Crippen molar-refractivity contribution < 1.29 is 18.0 Å². The van der Waals surface area contributed by atoms with Crippen LogP contribution < -0.4 is 5.32 Å². The minimum absolute atomic E-state index is 0.185. The summed E-state index contributed by atoms with van der Waals surface area (Å²) in [5.41, 5.74) is 1.45. The van der Waals surface area contributed by atoms with Crippen molar-refractivity contribution in [2.24, 2.45) is 0 Å². The van der Waals surface area contributed by atoms with Gasteiger partial charge in [0.25, 0.3) is 5.91 Å². The summed E-state index contributed by atoms with van der Waals surface area (Å²) >= 11 is 0. The van der Waals surface area contributed by atoms with Crippen molar-refractivity contribution in [2.45, 2.75) is 19.1 Å². The van der Waals surface area contributed by atoms with E-state index in [0.29, 0.717) is 5.39 Å². The molecule has 0 saturated carbocycles. The number of carbonyl (C=O) groups excluding carboxylic acids is 1. The Morgan fingerprint density at radius 1 is 1.00 bits per heavy atom. The number of fused-ring (bicyclic) bond motifs is 2. The third kappa shape index (κ3) is 3.76. The highest BCUT2D eigenvalue weighted by atomic mass is 19.4. The topological polar surface area (TPSA) is 54.9 Å². The van der Waals surface area contributed by atoms with Crippen LogP contribution in [-0.2, 0) is 6.18 Å². The molecule has 146 valence electrons. The third-order valence-electron chi connectivity index (χ3n) is 4.77. The SMILES string of the molecule is CC(NC(=O)c1cnc2cc(C(F)(F)F)ccc2c1)c1ccnc2ccccc12. The zero-order valence-electron chi connectivity index (χ0n) is 15.4. The number of hydrogen-bond acceptors (Lipinski definition) is 3. The van der Waals surface area contributed by atoms with Gasteiger partial charge in [0, 0.05) is 23.2 Å². The fraction of sp³-hybridized carbons (Fsp3) is 0.136. The minimum Gasteiger partial charge on any atom is -0.345 e. The standard InChI is InChI=1S/C22H16F3N3O/c1-13(17-8-9-26-19-5-3-2-4-18(17)19)28-21(29)15-10-14-6-7-16(22(23,24)25)11-20(14)27-12-15/h2-13H,1H3,(H,28,29). The predicted molar refractivity (Wildman–Crippen MR) is 104 cm³/mol. The summed E-state index contributed by atoms with van der Waals surface area (Å²) < 4.78 is 38.5. The van der Waals surface area contributed by atoms with E-state index in [2.05, 4.69) is 15.3 Å². The molecule has 0 fully saturated rings. The van der Waals surface area contributed by atoms with Crippen LogP contribution in [0.1, 0.15) is 34.5 Å². The van der Waals surface area contributed by atoms with Crippen LogP contribution in [0.5, 0.6) is 0 Å². The summed E-state index contributed by atoms with van der Waals surface area (Å²) in [7, 11) is 0. The van der Waals surface area contributed by atoms with Gasteiger partial charge in [0.2, 0.25) is 0 Å². The first-order valence-electron chi connectivity index (χ1n) is 8.94. The van der Waals surface area contributed by atoms with Crippen LogP contribution in [0.2, 0.25) is 0 Å². The van der Waals surface area contributed by atoms with Gasteiger partial charge in [-0.1, -0.05) is 24.3 Å². The lowest BCUT2D eigenvalue weighted by Crippen LogP contribution is -2.27. The average molecular weight is 395 g/mol. The van der Waals surface area contributed by atoms with Gasteiger partial charge in [-0.15, -0.1) is 0 Å². The molecular formula is C22H16F3N3O. The second kappa shape index (κ2) is 7.16. The smallest absolute Gasteiger partial charge is 0.345 e. The van der Waals surface area contributed by atoms with E-state index < -0.39 is 11.7 Å². The van der Waals surface area contributed by atoms with E-state index in [0.717, 1.165) is 28.6 Å². The molecule has 0 radical (unpaired) electrons. The van der Waals surface area contributed by atoms with Gasteiger partial charge in [0.1, 0.15) is 0 Å². The van der Waals surface area contributed by atoms with Crippen molar-refractivity contribution in [3.8, 4) is 0 Å². The molecule has 2 heterocycles. The molecule has 1 unspecified atom stereocenters. The number of para-hydroxylation sites is 1. The number of nitrogens with one attached hydrogen (secondary N) is 1. The van der Waals surface area contributed by atoms with Crippen LogP contribution in [0.3, 0.4) is 0 Å². The number of rotatable bonds is 3. The van der Waals surface area contributed by atoms with Crippen LogP contribution in [0.4, 0.5) is 13.2 Å². The molecule has 2 aromatic heterocycles. The highest BCUT2D eigenvalue weighted by Crippen LogP contribution is 2.31. The molecule has 2 aromatic carbocycles. The minimum atomic E-state index is -4.44. The predicted octanol–water partition coefficient (Wildman–Crippen LogP) is 5.29. The Labute approximate surface area is 164 Å². The highest BCUT2D eigenvalue weighted by molar-refractivity contribution is 5.97. The lowest BCUT2D eigenvalue weighted by Gasteiger charge is -2.16. The average Bonchev–Trinajstić information content (AvgIpc) is 2.71. The number of alkyl halides is 3. The molecule has 1 N–H and O–H groups in total. The second-order valence-electron chi connectivity index (χ2n) is 6.74. The number of halogens is 3. The van der Waals surface area contributed by atoms with Crippen molar-refractivity contribution >= 4 is 27.7 Å². The van der Waals surface area contributed by atoms with E-state index in [1.165, 1.54) is 18.3 Å². The van der Waals surface area contributed by atoms with E-state index in [9.17, 15) is 18.0 Å². The summed E-state index contributed by atoms with van der Waals surface area (Å²) in [4.78, 5) is 21.0. The van der Waals surface area contributed by atoms with Crippen molar-refractivity contribution in [1.82, 2.24) is 15.3 Å². The Bertz CT molecular complexity index is 1220. The van der Waals surface area contributed by atoms with Crippen LogP contribution >= 0.6 is 0 Å². The van der Waals surface area contributed by atoms with E-state index in [1.54, 1.807) is 6.20 Å². The van der Waals surface area contributed by atoms with E-state index in [1.807, 2.05) is 37.3 Å². The van der Waals surface area contributed by atoms with Crippen molar-refractivity contribution in [3.05, 3.63) is 83.7 Å². The van der Waals surface area contributed by atoms with E-state index >= 15 is 0 Å². The van der Waals surface area contributed by atoms with Crippen LogP contribution in [-0.4, -0.2) is 15.9 Å². The monoisotopic (exact) mass is 395 g/mol. The molecule has 4 nitrogen and oxygen atoms in total. The molecule has 7 heteroatoms. The molecule has 29 heavy (non-hydrogen) atoms. The lowest BCUT2D eigenvalue weighted by molar-refractivity contribution is -0.137. The summed E-state index contributed by atoms with van der Waals surface area (Å²) in [6.07, 6.45) is -1.46. The van der Waals surface area contributed by atoms with E-state index in [4.69, 9.17) is 0 Å². The molecule has 1 atom stereocenters. The molecule has 0 bridgehead atoms. The largest absolute Gasteiger partial charge is 0.416 e. The number of amides is 1. The van der Waals surface area contributed by atoms with Crippen molar-refractivity contribution in [1.29, 1.82) is 0 Å². The first kappa shape index (κ1) is 18.9. The lowest BCUT2D eigenvalue weighted by atomic mass is 10.0. The maximum atomic E-state index is 12.8. The Balaban J connectivity index is 1.60. The van der Waals surface area contributed by atoms with Gasteiger partial charge in [-0.25, -0.2) is 0 Å². The molecule has 4 aromatic rings. The first-order chi connectivity index (χ1) is 13.8. The fourth-order valence-electron chi connectivity index (χ4n) is 3.28. The van der Waals surface area contributed by atoms with Crippen LogP contribution in [0, 0.1) is 0 Å². The Morgan fingerprint density at radius 2 is 1.79 bits per heavy atom. The number of pyridine rings is 2. The molecule has 0 aliphatic carbocycles. The number of carbonyl (C=O) groups is 1. The van der Waals surface area contributed by atoms with Gasteiger partial charge in [0.15, 0.2) is 0 Å². The molecule has 0 spiro atoms. The summed E-state index contributed by atoms with van der Waals surface area (Å²) in [6, 6.07) is 14.0. The number of hydrogen-bond donors (Lipinski definition) is 1. The molecule has 0 aliphatic heterocycles. The first-order valence-corrected chi connectivity index (χ1v) is 8.94. The molecule has 0 aliphatic rings. The fourth-order valence-corrected chi connectivity index (χ4v) is 3.28. The van der Waals surface area contributed by atoms with Gasteiger partial charge in [-0.05, 0) is 42.8 Å².